The number of nitrogens with zero attached hydrogens (tertiary/aromatic N) is 1. The van der Waals surface area contributed by atoms with Crippen molar-refractivity contribution in [2.45, 2.75) is 23.8 Å². The van der Waals surface area contributed by atoms with E-state index in [4.69, 9.17) is 10.5 Å². The molecule has 1 aliphatic rings. The zero-order chi connectivity index (χ0) is 14.0. The van der Waals surface area contributed by atoms with Gasteiger partial charge in [0.2, 0.25) is 10.0 Å². The van der Waals surface area contributed by atoms with Crippen molar-refractivity contribution in [2.75, 3.05) is 25.9 Å². The maximum atomic E-state index is 13.3. The van der Waals surface area contributed by atoms with Gasteiger partial charge in [-0.15, -0.1) is 0 Å². The number of likely N-dealkylation sites (N-methyl/N-ethyl adjacent to an activating group) is 1. The number of rotatable bonds is 4. The predicted octanol–water partition coefficient (Wildman–Crippen LogP) is 1.21. The second kappa shape index (κ2) is 5.44. The highest BCUT2D eigenvalue weighted by atomic mass is 32.2. The van der Waals surface area contributed by atoms with E-state index in [9.17, 15) is 12.8 Å². The van der Waals surface area contributed by atoms with Gasteiger partial charge in [0.25, 0.3) is 0 Å². The van der Waals surface area contributed by atoms with Crippen molar-refractivity contribution in [1.29, 1.82) is 0 Å². The largest absolute Gasteiger partial charge is 0.396 e. The Bertz CT molecular complexity index is 556. The van der Waals surface area contributed by atoms with Crippen molar-refractivity contribution >= 4 is 15.7 Å². The average molecular weight is 288 g/mol. The molecule has 1 saturated heterocycles. The Hall–Kier alpha value is -1.18. The van der Waals surface area contributed by atoms with Crippen LogP contribution in [0.4, 0.5) is 10.1 Å². The van der Waals surface area contributed by atoms with Gasteiger partial charge >= 0.3 is 0 Å². The summed E-state index contributed by atoms with van der Waals surface area (Å²) in [6.07, 6.45) is 1.70. The minimum Gasteiger partial charge on any atom is -0.396 e. The fraction of sp³-hybridized carbons (Fsp3) is 0.500. The normalized spacial score (nSPS) is 20.1. The third kappa shape index (κ3) is 3.05. The second-order valence-electron chi connectivity index (χ2n) is 4.60. The number of ether oxygens (including phenoxy) is 1. The first kappa shape index (κ1) is 14.2. The molecular weight excluding hydrogens is 271 g/mol. The van der Waals surface area contributed by atoms with Crippen LogP contribution in [0.5, 0.6) is 0 Å². The van der Waals surface area contributed by atoms with Gasteiger partial charge in [0, 0.05) is 20.2 Å². The highest BCUT2D eigenvalue weighted by Crippen LogP contribution is 2.21. The molecule has 0 amide bonds. The second-order valence-corrected chi connectivity index (χ2v) is 6.65. The zero-order valence-corrected chi connectivity index (χ0v) is 11.5. The first-order chi connectivity index (χ1) is 8.91. The monoisotopic (exact) mass is 288 g/mol. The van der Waals surface area contributed by atoms with Crippen molar-refractivity contribution in [1.82, 2.24) is 4.31 Å². The van der Waals surface area contributed by atoms with Crippen molar-refractivity contribution in [3.05, 3.63) is 24.0 Å². The molecule has 0 spiro atoms. The van der Waals surface area contributed by atoms with Gasteiger partial charge in [0.15, 0.2) is 0 Å². The summed E-state index contributed by atoms with van der Waals surface area (Å²) in [5, 5.41) is 0. The van der Waals surface area contributed by atoms with Gasteiger partial charge in [-0.05, 0) is 31.0 Å². The Balaban J connectivity index is 2.18. The van der Waals surface area contributed by atoms with Crippen molar-refractivity contribution in [3.63, 3.8) is 0 Å². The van der Waals surface area contributed by atoms with Gasteiger partial charge in [-0.25, -0.2) is 12.8 Å². The van der Waals surface area contributed by atoms with E-state index in [1.165, 1.54) is 23.5 Å². The average Bonchev–Trinajstić information content (AvgIpc) is 2.85. The Labute approximate surface area is 112 Å². The molecule has 0 aromatic heterocycles. The van der Waals surface area contributed by atoms with Gasteiger partial charge in [0.1, 0.15) is 5.82 Å². The van der Waals surface area contributed by atoms with Crippen LogP contribution in [0.2, 0.25) is 0 Å². The van der Waals surface area contributed by atoms with E-state index in [0.717, 1.165) is 18.9 Å². The fourth-order valence-corrected chi connectivity index (χ4v) is 3.24. The van der Waals surface area contributed by atoms with E-state index in [2.05, 4.69) is 0 Å². The van der Waals surface area contributed by atoms with Crippen LogP contribution in [0.3, 0.4) is 0 Å². The first-order valence-electron chi connectivity index (χ1n) is 6.04. The lowest BCUT2D eigenvalue weighted by atomic mass is 10.2. The maximum Gasteiger partial charge on any atom is 0.243 e. The van der Waals surface area contributed by atoms with E-state index in [0.29, 0.717) is 6.61 Å². The molecule has 2 rings (SSSR count). The lowest BCUT2D eigenvalue weighted by molar-refractivity contribution is 0.0979. The molecule has 0 aliphatic carbocycles. The van der Waals surface area contributed by atoms with Gasteiger partial charge in [-0.1, -0.05) is 0 Å². The summed E-state index contributed by atoms with van der Waals surface area (Å²) >= 11 is 0. The van der Waals surface area contributed by atoms with E-state index >= 15 is 0 Å². The van der Waals surface area contributed by atoms with Crippen LogP contribution in [0, 0.1) is 5.82 Å². The summed E-state index contributed by atoms with van der Waals surface area (Å²) in [6, 6.07) is 3.50. The summed E-state index contributed by atoms with van der Waals surface area (Å²) in [6.45, 7) is 0.934. The number of nitrogens with two attached hydrogens (primary N) is 1. The molecule has 0 saturated carbocycles. The third-order valence-electron chi connectivity index (χ3n) is 3.16. The molecular formula is C12H17FN2O3S. The van der Waals surface area contributed by atoms with Crippen molar-refractivity contribution < 1.29 is 17.5 Å². The Kier molecular flexibility index (Phi) is 4.07. The van der Waals surface area contributed by atoms with Crippen molar-refractivity contribution in [3.8, 4) is 0 Å². The number of halogens is 1. The minimum absolute atomic E-state index is 0.0688. The Morgan fingerprint density at radius 3 is 2.84 bits per heavy atom. The van der Waals surface area contributed by atoms with Crippen LogP contribution in [-0.2, 0) is 14.8 Å². The smallest absolute Gasteiger partial charge is 0.243 e. The molecule has 5 nitrogen and oxygen atoms in total. The minimum atomic E-state index is -3.71. The number of hydrogen-bond donors (Lipinski definition) is 1. The molecule has 1 aromatic rings. The molecule has 106 valence electrons. The Morgan fingerprint density at radius 1 is 1.53 bits per heavy atom. The van der Waals surface area contributed by atoms with Crippen LogP contribution in [0.25, 0.3) is 0 Å². The molecule has 1 heterocycles. The van der Waals surface area contributed by atoms with E-state index in [-0.39, 0.29) is 23.2 Å². The molecule has 1 unspecified atom stereocenters. The number of hydrogen-bond acceptors (Lipinski definition) is 4. The summed E-state index contributed by atoms with van der Waals surface area (Å²) in [5.74, 6) is -0.730. The standard InChI is InChI=1S/C12H17FN2O3S/c1-15(8-9-3-2-6-18-9)19(16,17)10-4-5-12(14)11(13)7-10/h4-5,7,9H,2-3,6,8,14H2,1H3. The molecule has 1 aromatic carbocycles. The quantitative estimate of drug-likeness (QED) is 0.845. The summed E-state index contributed by atoms with van der Waals surface area (Å²) in [7, 11) is -2.24. The lowest BCUT2D eigenvalue weighted by Crippen LogP contribution is -2.34. The van der Waals surface area contributed by atoms with E-state index in [1.54, 1.807) is 0 Å². The Morgan fingerprint density at radius 2 is 2.26 bits per heavy atom. The van der Waals surface area contributed by atoms with Crippen LogP contribution < -0.4 is 5.73 Å². The lowest BCUT2D eigenvalue weighted by Gasteiger charge is -2.20. The maximum absolute atomic E-state index is 13.3. The van der Waals surface area contributed by atoms with Gasteiger partial charge in [-0.2, -0.15) is 4.31 Å². The summed E-state index contributed by atoms with van der Waals surface area (Å²) in [4.78, 5) is -0.0975. The van der Waals surface area contributed by atoms with Crippen LogP contribution in [-0.4, -0.2) is 39.0 Å². The van der Waals surface area contributed by atoms with Crippen LogP contribution >= 0.6 is 0 Å². The predicted molar refractivity (Wildman–Crippen MR) is 69.6 cm³/mol. The zero-order valence-electron chi connectivity index (χ0n) is 10.7. The van der Waals surface area contributed by atoms with Crippen molar-refractivity contribution in [2.24, 2.45) is 0 Å². The first-order valence-corrected chi connectivity index (χ1v) is 7.48. The van der Waals surface area contributed by atoms with Crippen LogP contribution in [0.1, 0.15) is 12.8 Å². The highest BCUT2D eigenvalue weighted by Gasteiger charge is 2.26. The molecule has 1 fully saturated rings. The third-order valence-corrected chi connectivity index (χ3v) is 4.98. The molecule has 0 radical (unpaired) electrons. The van der Waals surface area contributed by atoms with Gasteiger partial charge in [-0.3, -0.25) is 0 Å². The van der Waals surface area contributed by atoms with Gasteiger partial charge < -0.3 is 10.5 Å². The summed E-state index contributed by atoms with van der Waals surface area (Å²) in [5.41, 5.74) is 5.27. The topological polar surface area (TPSA) is 72.6 Å². The summed E-state index contributed by atoms with van der Waals surface area (Å²) < 4.78 is 44.4. The van der Waals surface area contributed by atoms with Crippen LogP contribution in [0.15, 0.2) is 23.1 Å². The number of nitrogen functional groups attached to an aromatic ring is 1. The SMILES string of the molecule is CN(CC1CCCO1)S(=O)(=O)c1ccc(N)c(F)c1. The van der Waals surface area contributed by atoms with E-state index < -0.39 is 15.8 Å². The number of anilines is 1. The van der Waals surface area contributed by atoms with Gasteiger partial charge in [0.05, 0.1) is 16.7 Å². The molecule has 7 heteroatoms. The molecule has 1 atom stereocenters. The highest BCUT2D eigenvalue weighted by molar-refractivity contribution is 7.89. The fourth-order valence-electron chi connectivity index (χ4n) is 2.02. The van der Waals surface area contributed by atoms with E-state index in [1.807, 2.05) is 0 Å². The number of sulfonamides is 1. The number of benzene rings is 1. The molecule has 1 aliphatic heterocycles. The molecule has 2 N–H and O–H groups in total. The molecule has 19 heavy (non-hydrogen) atoms. The molecule has 0 bridgehead atoms.